The van der Waals surface area contributed by atoms with Gasteiger partial charge in [0.2, 0.25) is 5.91 Å². The van der Waals surface area contributed by atoms with E-state index in [1.54, 1.807) is 24.3 Å². The summed E-state index contributed by atoms with van der Waals surface area (Å²) in [5, 5.41) is 7.68. The molecule has 2 heterocycles. The molecule has 8 heteroatoms. The van der Waals surface area contributed by atoms with Gasteiger partial charge in [-0.15, -0.1) is 0 Å². The molecule has 0 saturated carbocycles. The van der Waals surface area contributed by atoms with Gasteiger partial charge in [-0.05, 0) is 25.0 Å². The van der Waals surface area contributed by atoms with Crippen LogP contribution in [0.1, 0.15) is 12.8 Å². The fraction of sp³-hybridized carbons (Fsp3) is 0.389. The van der Waals surface area contributed by atoms with Crippen LogP contribution in [0.25, 0.3) is 11.3 Å². The van der Waals surface area contributed by atoms with E-state index < -0.39 is 5.56 Å². The van der Waals surface area contributed by atoms with Crippen LogP contribution in [0.3, 0.4) is 0 Å². The van der Waals surface area contributed by atoms with E-state index >= 15 is 0 Å². The number of nitrogens with zero attached hydrogens (tertiary/aromatic N) is 2. The van der Waals surface area contributed by atoms with Gasteiger partial charge in [-0.2, -0.15) is 5.10 Å². The average Bonchev–Trinajstić information content (AvgIpc) is 3.16. The SMILES string of the molecule is COc1cc(=O)n(CC(=O)NC[C@H]2CCCO2)nc1-c1ccc(Cl)cc1. The molecule has 1 aliphatic heterocycles. The molecule has 1 saturated heterocycles. The van der Waals surface area contributed by atoms with E-state index in [0.29, 0.717) is 23.0 Å². The Morgan fingerprint density at radius 2 is 2.19 bits per heavy atom. The maximum Gasteiger partial charge on any atom is 0.270 e. The number of aromatic nitrogens is 2. The van der Waals surface area contributed by atoms with E-state index in [2.05, 4.69) is 10.4 Å². The first kappa shape index (κ1) is 18.4. The zero-order valence-corrected chi connectivity index (χ0v) is 15.2. The van der Waals surface area contributed by atoms with Crippen LogP contribution in [0, 0.1) is 0 Å². The van der Waals surface area contributed by atoms with Crippen LogP contribution in [0.15, 0.2) is 35.1 Å². The van der Waals surface area contributed by atoms with Crippen molar-refractivity contribution < 1.29 is 14.3 Å². The van der Waals surface area contributed by atoms with Crippen LogP contribution in [-0.4, -0.2) is 42.1 Å². The molecule has 26 heavy (non-hydrogen) atoms. The Morgan fingerprint density at radius 1 is 1.42 bits per heavy atom. The Labute approximate surface area is 155 Å². The molecular formula is C18H20ClN3O4. The Morgan fingerprint density at radius 3 is 2.85 bits per heavy atom. The van der Waals surface area contributed by atoms with Crippen molar-refractivity contribution in [2.75, 3.05) is 20.3 Å². The van der Waals surface area contributed by atoms with Crippen molar-refractivity contribution >= 4 is 17.5 Å². The maximum absolute atomic E-state index is 12.2. The highest BCUT2D eigenvalue weighted by Crippen LogP contribution is 2.27. The van der Waals surface area contributed by atoms with Gasteiger partial charge in [-0.1, -0.05) is 23.7 Å². The second-order valence-corrected chi connectivity index (χ2v) is 6.44. The van der Waals surface area contributed by atoms with E-state index in [4.69, 9.17) is 21.1 Å². The normalized spacial score (nSPS) is 16.5. The third-order valence-corrected chi connectivity index (χ3v) is 4.40. The largest absolute Gasteiger partial charge is 0.494 e. The summed E-state index contributed by atoms with van der Waals surface area (Å²) in [7, 11) is 1.47. The van der Waals surface area contributed by atoms with E-state index in [-0.39, 0.29) is 18.6 Å². The first-order chi connectivity index (χ1) is 12.6. The number of carbonyl (C=O) groups is 1. The smallest absolute Gasteiger partial charge is 0.270 e. The molecule has 0 aliphatic carbocycles. The number of rotatable bonds is 6. The topological polar surface area (TPSA) is 82.5 Å². The summed E-state index contributed by atoms with van der Waals surface area (Å²) >= 11 is 5.92. The monoisotopic (exact) mass is 377 g/mol. The van der Waals surface area contributed by atoms with Crippen molar-refractivity contribution in [1.29, 1.82) is 0 Å². The van der Waals surface area contributed by atoms with Gasteiger partial charge in [0.05, 0.1) is 13.2 Å². The zero-order valence-electron chi connectivity index (χ0n) is 14.4. The summed E-state index contributed by atoms with van der Waals surface area (Å²) in [6.07, 6.45) is 1.98. The second-order valence-electron chi connectivity index (χ2n) is 6.00. The molecular weight excluding hydrogens is 358 g/mol. The highest BCUT2D eigenvalue weighted by Gasteiger charge is 2.17. The standard InChI is InChI=1S/C18H20ClN3O4/c1-25-15-9-17(24)22(11-16(23)20-10-14-3-2-8-26-14)21-18(15)12-4-6-13(19)7-5-12/h4-7,9,14H,2-3,8,10-11H2,1H3,(H,20,23)/t14-/m1/s1. The van der Waals surface area contributed by atoms with Gasteiger partial charge in [0.15, 0.2) is 5.75 Å². The number of hydrogen-bond acceptors (Lipinski definition) is 5. The van der Waals surface area contributed by atoms with Gasteiger partial charge in [-0.25, -0.2) is 4.68 Å². The summed E-state index contributed by atoms with van der Waals surface area (Å²) in [6.45, 7) is 0.994. The molecule has 1 N–H and O–H groups in total. The molecule has 3 rings (SSSR count). The molecule has 1 aromatic carbocycles. The molecule has 0 unspecified atom stereocenters. The lowest BCUT2D eigenvalue weighted by Crippen LogP contribution is -2.37. The van der Waals surface area contributed by atoms with Gasteiger partial charge < -0.3 is 14.8 Å². The van der Waals surface area contributed by atoms with Gasteiger partial charge in [0.25, 0.3) is 5.56 Å². The van der Waals surface area contributed by atoms with Crippen molar-refractivity contribution in [3.05, 3.63) is 45.7 Å². The quantitative estimate of drug-likeness (QED) is 0.831. The van der Waals surface area contributed by atoms with Crippen molar-refractivity contribution in [2.45, 2.75) is 25.5 Å². The summed E-state index contributed by atoms with van der Waals surface area (Å²) in [4.78, 5) is 24.4. The van der Waals surface area contributed by atoms with E-state index in [1.165, 1.54) is 13.2 Å². The molecule has 1 aromatic heterocycles. The van der Waals surface area contributed by atoms with E-state index in [0.717, 1.165) is 29.7 Å². The molecule has 1 aliphatic rings. The van der Waals surface area contributed by atoms with Crippen LogP contribution >= 0.6 is 11.6 Å². The Bertz CT molecular complexity index is 829. The van der Waals surface area contributed by atoms with Gasteiger partial charge in [-0.3, -0.25) is 9.59 Å². The molecule has 1 amide bonds. The van der Waals surface area contributed by atoms with Crippen molar-refractivity contribution in [3.63, 3.8) is 0 Å². The van der Waals surface area contributed by atoms with Crippen LogP contribution in [0.2, 0.25) is 5.02 Å². The average molecular weight is 378 g/mol. The number of amides is 1. The summed E-state index contributed by atoms with van der Waals surface area (Å²) in [6, 6.07) is 8.33. The van der Waals surface area contributed by atoms with Crippen LogP contribution in [0.4, 0.5) is 0 Å². The number of benzene rings is 1. The van der Waals surface area contributed by atoms with Crippen molar-refractivity contribution in [2.24, 2.45) is 0 Å². The van der Waals surface area contributed by atoms with Crippen LogP contribution in [0.5, 0.6) is 5.75 Å². The number of nitrogens with one attached hydrogen (secondary N) is 1. The predicted molar refractivity (Wildman–Crippen MR) is 97.5 cm³/mol. The van der Waals surface area contributed by atoms with E-state index in [1.807, 2.05) is 0 Å². The molecule has 7 nitrogen and oxygen atoms in total. The van der Waals surface area contributed by atoms with Crippen molar-refractivity contribution in [3.8, 4) is 17.0 Å². The van der Waals surface area contributed by atoms with Crippen molar-refractivity contribution in [1.82, 2.24) is 15.1 Å². The third kappa shape index (κ3) is 4.42. The highest BCUT2D eigenvalue weighted by molar-refractivity contribution is 6.30. The first-order valence-corrected chi connectivity index (χ1v) is 8.75. The van der Waals surface area contributed by atoms with Crippen LogP contribution in [-0.2, 0) is 16.1 Å². The first-order valence-electron chi connectivity index (χ1n) is 8.37. The summed E-state index contributed by atoms with van der Waals surface area (Å²) in [5.74, 6) is 0.0515. The highest BCUT2D eigenvalue weighted by atomic mass is 35.5. The molecule has 1 fully saturated rings. The number of halogens is 1. The third-order valence-electron chi connectivity index (χ3n) is 4.14. The molecule has 1 atom stereocenters. The van der Waals surface area contributed by atoms with Gasteiger partial charge in [0, 0.05) is 29.8 Å². The van der Waals surface area contributed by atoms with Gasteiger partial charge in [0.1, 0.15) is 12.2 Å². The number of ether oxygens (including phenoxy) is 2. The predicted octanol–water partition coefficient (Wildman–Crippen LogP) is 1.87. The Balaban J connectivity index is 1.78. The minimum Gasteiger partial charge on any atom is -0.494 e. The lowest BCUT2D eigenvalue weighted by molar-refractivity contribution is -0.122. The number of hydrogen-bond donors (Lipinski definition) is 1. The minimum absolute atomic E-state index is 0.0455. The number of carbonyl (C=O) groups excluding carboxylic acids is 1. The molecule has 0 bridgehead atoms. The second kappa shape index (κ2) is 8.33. The Hall–Kier alpha value is -2.38. The molecule has 0 radical (unpaired) electrons. The Kier molecular flexibility index (Phi) is 5.90. The summed E-state index contributed by atoms with van der Waals surface area (Å²) < 4.78 is 11.9. The summed E-state index contributed by atoms with van der Waals surface area (Å²) in [5.41, 5.74) is 0.794. The lowest BCUT2D eigenvalue weighted by Gasteiger charge is -2.13. The zero-order chi connectivity index (χ0) is 18.5. The van der Waals surface area contributed by atoms with E-state index in [9.17, 15) is 9.59 Å². The molecule has 138 valence electrons. The maximum atomic E-state index is 12.2. The molecule has 0 spiro atoms. The lowest BCUT2D eigenvalue weighted by atomic mass is 10.1. The molecule has 2 aromatic rings. The van der Waals surface area contributed by atoms with Crippen LogP contribution < -0.4 is 15.6 Å². The minimum atomic E-state index is -0.410. The number of methoxy groups -OCH3 is 1. The fourth-order valence-electron chi connectivity index (χ4n) is 2.78. The fourth-order valence-corrected chi connectivity index (χ4v) is 2.90. The van der Waals surface area contributed by atoms with Gasteiger partial charge >= 0.3 is 0 Å².